The van der Waals surface area contributed by atoms with Gasteiger partial charge in [0.25, 0.3) is 0 Å². The maximum absolute atomic E-state index is 10.1. The molecule has 1 aromatic rings. The Bertz CT molecular complexity index is 456. The van der Waals surface area contributed by atoms with Gasteiger partial charge in [0.2, 0.25) is 0 Å². The molecule has 1 aliphatic rings. The zero-order valence-corrected chi connectivity index (χ0v) is 13.6. The van der Waals surface area contributed by atoms with Crippen LogP contribution in [0.5, 0.6) is 0 Å². The van der Waals surface area contributed by atoms with Gasteiger partial charge in [-0.2, -0.15) is 0 Å². The standard InChI is InChI=1S/C16H25ClN2O2/c1-12-6-8-19(11-16(12)20)15-5-3-4-14(17)13(15)10-18-7-9-21-2/h3-5,12,16,18,20H,6-11H2,1-2H3. The third kappa shape index (κ3) is 4.33. The molecule has 0 aromatic heterocycles. The number of nitrogens with zero attached hydrogens (tertiary/aromatic N) is 1. The number of halogens is 1. The van der Waals surface area contributed by atoms with Crippen LogP contribution in [0.4, 0.5) is 5.69 Å². The molecule has 1 aliphatic heterocycles. The van der Waals surface area contributed by atoms with Gasteiger partial charge in [-0.1, -0.05) is 24.6 Å². The molecule has 0 saturated carbocycles. The van der Waals surface area contributed by atoms with E-state index in [1.807, 2.05) is 12.1 Å². The van der Waals surface area contributed by atoms with E-state index >= 15 is 0 Å². The lowest BCUT2D eigenvalue weighted by Crippen LogP contribution is -2.43. The van der Waals surface area contributed by atoms with Crippen molar-refractivity contribution in [3.05, 3.63) is 28.8 Å². The van der Waals surface area contributed by atoms with Gasteiger partial charge in [0.05, 0.1) is 12.7 Å². The fourth-order valence-electron chi connectivity index (χ4n) is 2.67. The summed E-state index contributed by atoms with van der Waals surface area (Å²) in [6, 6.07) is 5.98. The van der Waals surface area contributed by atoms with Gasteiger partial charge in [-0.15, -0.1) is 0 Å². The van der Waals surface area contributed by atoms with Gasteiger partial charge >= 0.3 is 0 Å². The minimum atomic E-state index is -0.271. The van der Waals surface area contributed by atoms with Crippen molar-refractivity contribution in [2.24, 2.45) is 5.92 Å². The van der Waals surface area contributed by atoms with E-state index in [2.05, 4.69) is 23.2 Å². The Morgan fingerprint density at radius 2 is 2.29 bits per heavy atom. The van der Waals surface area contributed by atoms with Crippen molar-refractivity contribution in [2.75, 3.05) is 38.3 Å². The summed E-state index contributed by atoms with van der Waals surface area (Å²) in [6.45, 7) is 5.92. The third-order valence-electron chi connectivity index (χ3n) is 4.14. The molecule has 21 heavy (non-hydrogen) atoms. The maximum atomic E-state index is 10.1. The van der Waals surface area contributed by atoms with Gasteiger partial charge in [0, 0.05) is 49.6 Å². The molecule has 0 radical (unpaired) electrons. The lowest BCUT2D eigenvalue weighted by atomic mass is 9.95. The molecule has 1 aromatic carbocycles. The summed E-state index contributed by atoms with van der Waals surface area (Å²) in [5.74, 6) is 0.365. The molecule has 0 amide bonds. The number of rotatable bonds is 6. The second kappa shape index (κ2) is 7.99. The predicted octanol–water partition coefficient (Wildman–Crippen LogP) is 2.28. The second-order valence-electron chi connectivity index (χ2n) is 5.69. The Morgan fingerprint density at radius 3 is 3.00 bits per heavy atom. The Balaban J connectivity index is 2.09. The molecule has 118 valence electrons. The van der Waals surface area contributed by atoms with Crippen LogP contribution in [0.1, 0.15) is 18.9 Å². The number of anilines is 1. The smallest absolute Gasteiger partial charge is 0.0741 e. The largest absolute Gasteiger partial charge is 0.391 e. The molecule has 2 N–H and O–H groups in total. The topological polar surface area (TPSA) is 44.7 Å². The number of hydrogen-bond acceptors (Lipinski definition) is 4. The minimum absolute atomic E-state index is 0.271. The lowest BCUT2D eigenvalue weighted by molar-refractivity contribution is 0.103. The van der Waals surface area contributed by atoms with Crippen LogP contribution in [0.2, 0.25) is 5.02 Å². The van der Waals surface area contributed by atoms with Crippen LogP contribution >= 0.6 is 11.6 Å². The Labute approximate surface area is 132 Å². The third-order valence-corrected chi connectivity index (χ3v) is 4.49. The van der Waals surface area contributed by atoms with E-state index in [1.165, 1.54) is 0 Å². The highest BCUT2D eigenvalue weighted by Crippen LogP contribution is 2.30. The number of nitrogens with one attached hydrogen (secondary N) is 1. The molecule has 1 fully saturated rings. The van der Waals surface area contributed by atoms with Crippen molar-refractivity contribution in [1.82, 2.24) is 5.32 Å². The van der Waals surface area contributed by atoms with Crippen molar-refractivity contribution < 1.29 is 9.84 Å². The Morgan fingerprint density at radius 1 is 1.48 bits per heavy atom. The summed E-state index contributed by atoms with van der Waals surface area (Å²) < 4.78 is 5.04. The van der Waals surface area contributed by atoms with E-state index in [0.29, 0.717) is 25.6 Å². The monoisotopic (exact) mass is 312 g/mol. The van der Waals surface area contributed by atoms with Crippen molar-refractivity contribution in [2.45, 2.75) is 26.0 Å². The Hall–Kier alpha value is -0.810. The fraction of sp³-hybridized carbons (Fsp3) is 0.625. The van der Waals surface area contributed by atoms with E-state index in [9.17, 15) is 5.11 Å². The van der Waals surface area contributed by atoms with Crippen molar-refractivity contribution in [3.8, 4) is 0 Å². The van der Waals surface area contributed by atoms with E-state index in [0.717, 1.165) is 35.8 Å². The number of benzene rings is 1. The number of ether oxygens (including phenoxy) is 1. The van der Waals surface area contributed by atoms with Crippen LogP contribution < -0.4 is 10.2 Å². The van der Waals surface area contributed by atoms with Crippen molar-refractivity contribution >= 4 is 17.3 Å². The summed E-state index contributed by atoms with van der Waals surface area (Å²) in [7, 11) is 1.69. The molecule has 1 heterocycles. The van der Waals surface area contributed by atoms with E-state index in [1.54, 1.807) is 7.11 Å². The first-order chi connectivity index (χ1) is 10.1. The molecule has 0 aliphatic carbocycles. The van der Waals surface area contributed by atoms with Gasteiger partial charge in [0.1, 0.15) is 0 Å². The summed E-state index contributed by atoms with van der Waals surface area (Å²) >= 11 is 6.37. The maximum Gasteiger partial charge on any atom is 0.0741 e. The molecule has 1 saturated heterocycles. The minimum Gasteiger partial charge on any atom is -0.391 e. The number of hydrogen-bond donors (Lipinski definition) is 2. The van der Waals surface area contributed by atoms with Crippen molar-refractivity contribution in [1.29, 1.82) is 0 Å². The number of piperidine rings is 1. The second-order valence-corrected chi connectivity index (χ2v) is 6.09. The van der Waals surface area contributed by atoms with Gasteiger partial charge < -0.3 is 20.1 Å². The highest BCUT2D eigenvalue weighted by Gasteiger charge is 2.25. The fourth-order valence-corrected chi connectivity index (χ4v) is 2.91. The van der Waals surface area contributed by atoms with E-state index in [4.69, 9.17) is 16.3 Å². The summed E-state index contributed by atoms with van der Waals surface area (Å²) in [6.07, 6.45) is 0.733. The number of aliphatic hydroxyl groups is 1. The molecule has 5 heteroatoms. The number of methoxy groups -OCH3 is 1. The molecular formula is C16H25ClN2O2. The van der Waals surface area contributed by atoms with Crippen LogP contribution in [0, 0.1) is 5.92 Å². The summed E-state index contributed by atoms with van der Waals surface area (Å²) in [4.78, 5) is 2.24. The van der Waals surface area contributed by atoms with Crippen LogP contribution in [-0.2, 0) is 11.3 Å². The Kier molecular flexibility index (Phi) is 6.30. The first-order valence-electron chi connectivity index (χ1n) is 7.53. The molecule has 2 unspecified atom stereocenters. The van der Waals surface area contributed by atoms with Gasteiger partial charge in [-0.05, 0) is 24.5 Å². The molecule has 2 atom stereocenters. The van der Waals surface area contributed by atoms with E-state index in [-0.39, 0.29) is 6.10 Å². The first-order valence-corrected chi connectivity index (χ1v) is 7.91. The quantitative estimate of drug-likeness (QED) is 0.791. The highest BCUT2D eigenvalue weighted by atomic mass is 35.5. The molecule has 0 bridgehead atoms. The molecule has 2 rings (SSSR count). The number of aliphatic hydroxyl groups excluding tert-OH is 1. The van der Waals surface area contributed by atoms with Gasteiger partial charge in [-0.3, -0.25) is 0 Å². The van der Waals surface area contributed by atoms with Crippen LogP contribution in [0.25, 0.3) is 0 Å². The molecule has 0 spiro atoms. The van der Waals surface area contributed by atoms with Crippen LogP contribution in [0.15, 0.2) is 18.2 Å². The predicted molar refractivity (Wildman–Crippen MR) is 87.0 cm³/mol. The van der Waals surface area contributed by atoms with Crippen LogP contribution in [0.3, 0.4) is 0 Å². The van der Waals surface area contributed by atoms with Gasteiger partial charge in [0.15, 0.2) is 0 Å². The summed E-state index contributed by atoms with van der Waals surface area (Å²) in [5, 5.41) is 14.2. The molecular weight excluding hydrogens is 288 g/mol. The zero-order chi connectivity index (χ0) is 15.2. The van der Waals surface area contributed by atoms with Gasteiger partial charge in [-0.25, -0.2) is 0 Å². The van der Waals surface area contributed by atoms with Crippen molar-refractivity contribution in [3.63, 3.8) is 0 Å². The SMILES string of the molecule is COCCNCc1c(Cl)cccc1N1CCC(C)C(O)C1. The average molecular weight is 313 g/mol. The number of β-amino-alcohol motifs (C(OH)–C–C–N with tert-alkyl or cyclic N) is 1. The van der Waals surface area contributed by atoms with Crippen LogP contribution in [-0.4, -0.2) is 44.6 Å². The normalized spacial score (nSPS) is 22.6. The molecule has 4 nitrogen and oxygen atoms in total. The zero-order valence-electron chi connectivity index (χ0n) is 12.8. The summed E-state index contributed by atoms with van der Waals surface area (Å²) in [5.41, 5.74) is 2.22. The van der Waals surface area contributed by atoms with E-state index < -0.39 is 0 Å². The highest BCUT2D eigenvalue weighted by molar-refractivity contribution is 6.31. The average Bonchev–Trinajstić information content (AvgIpc) is 2.48. The first kappa shape index (κ1) is 16.6. The lowest BCUT2D eigenvalue weighted by Gasteiger charge is -2.37.